The summed E-state index contributed by atoms with van der Waals surface area (Å²) in [6.07, 6.45) is 1.54. The number of aromatic nitrogens is 1. The van der Waals surface area contributed by atoms with E-state index in [9.17, 15) is 9.59 Å². The number of cyclic esters (lactones) is 1. The molecule has 6 heteroatoms. The van der Waals surface area contributed by atoms with Crippen molar-refractivity contribution in [3.63, 3.8) is 0 Å². The van der Waals surface area contributed by atoms with Crippen LogP contribution in [0.2, 0.25) is 0 Å². The Hall–Kier alpha value is -3.28. The second kappa shape index (κ2) is 6.32. The fraction of sp³-hybridized carbons (Fsp3) is 0.158. The van der Waals surface area contributed by atoms with Gasteiger partial charge in [0.05, 0.1) is 6.54 Å². The number of rotatable bonds is 4. The highest BCUT2D eigenvalue weighted by Gasteiger charge is 2.23. The minimum Gasteiger partial charge on any atom is -0.447 e. The van der Waals surface area contributed by atoms with Gasteiger partial charge >= 0.3 is 6.09 Å². The van der Waals surface area contributed by atoms with Gasteiger partial charge < -0.3 is 14.6 Å². The van der Waals surface area contributed by atoms with Gasteiger partial charge in [-0.15, -0.1) is 0 Å². The zero-order valence-electron chi connectivity index (χ0n) is 13.5. The Balaban J connectivity index is 1.48. The summed E-state index contributed by atoms with van der Waals surface area (Å²) in [7, 11) is 0. The number of nitrogens with zero attached hydrogens (tertiary/aromatic N) is 2. The molecule has 2 aromatic carbocycles. The van der Waals surface area contributed by atoms with Crippen molar-refractivity contribution < 1.29 is 14.3 Å². The lowest BCUT2D eigenvalue weighted by molar-refractivity contribution is -0.116. The average Bonchev–Trinajstić information content (AvgIpc) is 3.22. The van der Waals surface area contributed by atoms with Crippen LogP contribution in [0.1, 0.15) is 0 Å². The van der Waals surface area contributed by atoms with E-state index in [0.717, 1.165) is 10.9 Å². The summed E-state index contributed by atoms with van der Waals surface area (Å²) in [6.45, 7) is 1.13. The molecule has 126 valence electrons. The van der Waals surface area contributed by atoms with E-state index in [1.807, 2.05) is 53.2 Å². The van der Waals surface area contributed by atoms with E-state index in [4.69, 9.17) is 4.74 Å². The minimum atomic E-state index is -0.359. The Kier molecular flexibility index (Phi) is 3.85. The van der Waals surface area contributed by atoms with Crippen molar-refractivity contribution in [3.05, 3.63) is 60.8 Å². The topological polar surface area (TPSA) is 63.6 Å². The number of benzene rings is 2. The van der Waals surface area contributed by atoms with Crippen molar-refractivity contribution in [2.45, 2.75) is 6.54 Å². The average molecular weight is 335 g/mol. The smallest absolute Gasteiger partial charge is 0.414 e. The van der Waals surface area contributed by atoms with Crippen LogP contribution < -0.4 is 10.2 Å². The molecule has 2 heterocycles. The summed E-state index contributed by atoms with van der Waals surface area (Å²) >= 11 is 0. The SMILES string of the molecule is O=C(Cn1ccc2ccccc21)Nc1cccc(N2CCOC2=O)c1. The molecular formula is C19H17N3O3. The van der Waals surface area contributed by atoms with E-state index in [0.29, 0.717) is 24.5 Å². The molecule has 2 amide bonds. The van der Waals surface area contributed by atoms with Gasteiger partial charge in [-0.05, 0) is 35.7 Å². The molecule has 0 atom stereocenters. The largest absolute Gasteiger partial charge is 0.447 e. The molecule has 0 unspecified atom stereocenters. The molecule has 1 aromatic heterocycles. The third-order valence-corrected chi connectivity index (χ3v) is 4.20. The van der Waals surface area contributed by atoms with E-state index >= 15 is 0 Å². The van der Waals surface area contributed by atoms with E-state index < -0.39 is 0 Å². The number of hydrogen-bond donors (Lipinski definition) is 1. The van der Waals surface area contributed by atoms with Crippen molar-refractivity contribution >= 4 is 34.3 Å². The maximum atomic E-state index is 12.4. The van der Waals surface area contributed by atoms with Gasteiger partial charge in [0.2, 0.25) is 5.91 Å². The molecule has 3 aromatic rings. The summed E-state index contributed by atoms with van der Waals surface area (Å²) in [5, 5.41) is 3.99. The second-order valence-corrected chi connectivity index (χ2v) is 5.87. The van der Waals surface area contributed by atoms with Crippen LogP contribution in [0.4, 0.5) is 16.2 Å². The van der Waals surface area contributed by atoms with Crippen LogP contribution in [0, 0.1) is 0 Å². The quantitative estimate of drug-likeness (QED) is 0.796. The second-order valence-electron chi connectivity index (χ2n) is 5.87. The number of hydrogen-bond acceptors (Lipinski definition) is 3. The van der Waals surface area contributed by atoms with E-state index in [1.165, 1.54) is 0 Å². The van der Waals surface area contributed by atoms with Crippen LogP contribution in [-0.4, -0.2) is 29.7 Å². The normalized spacial score (nSPS) is 13.9. The molecule has 1 saturated heterocycles. The van der Waals surface area contributed by atoms with Gasteiger partial charge in [-0.1, -0.05) is 24.3 Å². The Morgan fingerprint density at radius 3 is 2.84 bits per heavy atom. The Morgan fingerprint density at radius 2 is 2.00 bits per heavy atom. The van der Waals surface area contributed by atoms with Gasteiger partial charge in [0.25, 0.3) is 0 Å². The Morgan fingerprint density at radius 1 is 1.12 bits per heavy atom. The summed E-state index contributed by atoms with van der Waals surface area (Å²) in [5.41, 5.74) is 2.39. The molecule has 4 rings (SSSR count). The number of para-hydroxylation sites is 1. The van der Waals surface area contributed by atoms with E-state index in [2.05, 4.69) is 5.32 Å². The Bertz CT molecular complexity index is 948. The summed E-state index contributed by atoms with van der Waals surface area (Å²) in [6, 6.07) is 17.1. The molecular weight excluding hydrogens is 318 g/mol. The molecule has 1 N–H and O–H groups in total. The maximum absolute atomic E-state index is 12.4. The number of ether oxygens (including phenoxy) is 1. The van der Waals surface area contributed by atoms with Crippen molar-refractivity contribution in [2.24, 2.45) is 0 Å². The molecule has 25 heavy (non-hydrogen) atoms. The molecule has 0 bridgehead atoms. The third kappa shape index (κ3) is 3.06. The van der Waals surface area contributed by atoms with Crippen LogP contribution in [0.15, 0.2) is 60.8 Å². The van der Waals surface area contributed by atoms with Crippen molar-refractivity contribution in [1.82, 2.24) is 4.57 Å². The standard InChI is InChI=1S/C19H17N3O3/c23-18(13-21-9-8-14-4-1-2-7-17(14)21)20-15-5-3-6-16(12-15)22-10-11-25-19(22)24/h1-9,12H,10-11,13H2,(H,20,23). The minimum absolute atomic E-state index is 0.123. The number of anilines is 2. The number of nitrogens with one attached hydrogen (secondary N) is 1. The molecule has 6 nitrogen and oxygen atoms in total. The summed E-state index contributed by atoms with van der Waals surface area (Å²) in [5.74, 6) is -0.123. The number of amides is 2. The lowest BCUT2D eigenvalue weighted by Gasteiger charge is -2.14. The molecule has 0 saturated carbocycles. The monoisotopic (exact) mass is 335 g/mol. The first-order valence-electron chi connectivity index (χ1n) is 8.09. The number of fused-ring (bicyclic) bond motifs is 1. The van der Waals surface area contributed by atoms with Gasteiger partial charge in [-0.2, -0.15) is 0 Å². The van der Waals surface area contributed by atoms with Crippen LogP contribution in [0.5, 0.6) is 0 Å². The number of carbonyl (C=O) groups is 2. The zero-order chi connectivity index (χ0) is 17.2. The fourth-order valence-corrected chi connectivity index (χ4v) is 3.01. The Labute approximate surface area is 144 Å². The van der Waals surface area contributed by atoms with Gasteiger partial charge in [0.15, 0.2) is 0 Å². The van der Waals surface area contributed by atoms with Crippen molar-refractivity contribution in [2.75, 3.05) is 23.4 Å². The van der Waals surface area contributed by atoms with Crippen LogP contribution in [-0.2, 0) is 16.1 Å². The third-order valence-electron chi connectivity index (χ3n) is 4.20. The van der Waals surface area contributed by atoms with Gasteiger partial charge in [0.1, 0.15) is 13.2 Å². The van der Waals surface area contributed by atoms with E-state index in [1.54, 1.807) is 17.0 Å². The van der Waals surface area contributed by atoms with Crippen LogP contribution >= 0.6 is 0 Å². The highest BCUT2D eigenvalue weighted by Crippen LogP contribution is 2.22. The summed E-state index contributed by atoms with van der Waals surface area (Å²) in [4.78, 5) is 25.6. The first-order valence-corrected chi connectivity index (χ1v) is 8.09. The lowest BCUT2D eigenvalue weighted by Crippen LogP contribution is -2.23. The lowest BCUT2D eigenvalue weighted by atomic mass is 10.2. The van der Waals surface area contributed by atoms with Crippen LogP contribution in [0.25, 0.3) is 10.9 Å². The van der Waals surface area contributed by atoms with Gasteiger partial charge in [0, 0.05) is 23.1 Å². The molecule has 0 spiro atoms. The van der Waals surface area contributed by atoms with Crippen molar-refractivity contribution in [1.29, 1.82) is 0 Å². The molecule has 1 aliphatic rings. The zero-order valence-corrected chi connectivity index (χ0v) is 13.5. The van der Waals surface area contributed by atoms with Crippen LogP contribution in [0.3, 0.4) is 0 Å². The predicted octanol–water partition coefficient (Wildman–Crippen LogP) is 3.24. The fourth-order valence-electron chi connectivity index (χ4n) is 3.01. The van der Waals surface area contributed by atoms with Gasteiger partial charge in [-0.3, -0.25) is 9.69 Å². The highest BCUT2D eigenvalue weighted by molar-refractivity contribution is 5.94. The van der Waals surface area contributed by atoms with Gasteiger partial charge in [-0.25, -0.2) is 4.79 Å². The first kappa shape index (κ1) is 15.3. The molecule has 0 radical (unpaired) electrons. The maximum Gasteiger partial charge on any atom is 0.414 e. The molecule has 1 fully saturated rings. The predicted molar refractivity (Wildman–Crippen MR) is 95.7 cm³/mol. The summed E-state index contributed by atoms with van der Waals surface area (Å²) < 4.78 is 6.86. The number of carbonyl (C=O) groups excluding carboxylic acids is 2. The highest BCUT2D eigenvalue weighted by atomic mass is 16.6. The molecule has 0 aliphatic carbocycles. The van der Waals surface area contributed by atoms with E-state index in [-0.39, 0.29) is 18.5 Å². The van der Waals surface area contributed by atoms with Crippen molar-refractivity contribution in [3.8, 4) is 0 Å². The molecule has 1 aliphatic heterocycles. The first-order chi connectivity index (χ1) is 12.2.